The molecule has 0 saturated heterocycles. The van der Waals surface area contributed by atoms with Gasteiger partial charge in [0.25, 0.3) is 0 Å². The van der Waals surface area contributed by atoms with Crippen LogP contribution in [-0.2, 0) is 9.59 Å². The van der Waals surface area contributed by atoms with Crippen molar-refractivity contribution in [2.24, 2.45) is 0 Å². The van der Waals surface area contributed by atoms with Crippen molar-refractivity contribution in [1.29, 1.82) is 0 Å². The molecule has 0 aliphatic rings. The molecule has 0 spiro atoms. The van der Waals surface area contributed by atoms with Gasteiger partial charge < -0.3 is 10.2 Å². The Hall–Kier alpha value is -2.88. The predicted molar refractivity (Wildman–Crippen MR) is 102 cm³/mol. The van der Waals surface area contributed by atoms with E-state index in [2.05, 4.69) is 5.32 Å². The molecule has 0 aromatic heterocycles. The lowest BCUT2D eigenvalue weighted by Gasteiger charge is -2.27. The molecule has 0 heterocycles. The van der Waals surface area contributed by atoms with Crippen molar-refractivity contribution in [3.8, 4) is 0 Å². The Balaban J connectivity index is 2.06. The summed E-state index contributed by atoms with van der Waals surface area (Å²) in [4.78, 5) is 26.6. The number of carbonyl (C=O) groups is 2. The zero-order chi connectivity index (χ0) is 18.1. The predicted octanol–water partition coefficient (Wildman–Crippen LogP) is 3.97. The molecule has 0 aliphatic carbocycles. The molecule has 0 bridgehead atoms. The number of nitrogens with one attached hydrogen (secondary N) is 1. The largest absolute Gasteiger partial charge is 0.327 e. The van der Waals surface area contributed by atoms with Crippen LogP contribution in [0.1, 0.15) is 25.8 Å². The van der Waals surface area contributed by atoms with Crippen molar-refractivity contribution >= 4 is 23.6 Å². The van der Waals surface area contributed by atoms with E-state index < -0.39 is 6.04 Å². The van der Waals surface area contributed by atoms with Gasteiger partial charge in [0.05, 0.1) is 0 Å². The zero-order valence-electron chi connectivity index (χ0n) is 14.7. The minimum Gasteiger partial charge on any atom is -0.327 e. The molecule has 2 rings (SSSR count). The number of rotatable bonds is 7. The topological polar surface area (TPSA) is 49.4 Å². The minimum absolute atomic E-state index is 0.165. The molecule has 0 radical (unpaired) electrons. The van der Waals surface area contributed by atoms with Crippen LogP contribution in [0, 0.1) is 0 Å². The van der Waals surface area contributed by atoms with Gasteiger partial charge in [0.15, 0.2) is 0 Å². The molecule has 2 aromatic rings. The molecule has 0 fully saturated rings. The average molecular weight is 336 g/mol. The van der Waals surface area contributed by atoms with E-state index in [1.54, 1.807) is 17.9 Å². The Morgan fingerprint density at radius 3 is 2.24 bits per heavy atom. The van der Waals surface area contributed by atoms with Crippen molar-refractivity contribution in [3.05, 3.63) is 72.3 Å². The van der Waals surface area contributed by atoms with Gasteiger partial charge in [-0.25, -0.2) is 0 Å². The van der Waals surface area contributed by atoms with Gasteiger partial charge in [0, 0.05) is 18.3 Å². The van der Waals surface area contributed by atoms with Crippen LogP contribution < -0.4 is 5.32 Å². The first-order valence-corrected chi connectivity index (χ1v) is 8.51. The number of nitrogens with zero attached hydrogens (tertiary/aromatic N) is 1. The summed E-state index contributed by atoms with van der Waals surface area (Å²) in [5, 5.41) is 2.85. The fourth-order valence-corrected chi connectivity index (χ4v) is 2.47. The van der Waals surface area contributed by atoms with Crippen molar-refractivity contribution in [2.45, 2.75) is 26.3 Å². The van der Waals surface area contributed by atoms with E-state index in [1.165, 1.54) is 6.08 Å². The van der Waals surface area contributed by atoms with Crippen LogP contribution >= 0.6 is 0 Å². The van der Waals surface area contributed by atoms with Crippen LogP contribution in [0.4, 0.5) is 5.69 Å². The van der Waals surface area contributed by atoms with E-state index in [0.717, 1.165) is 17.7 Å². The van der Waals surface area contributed by atoms with Gasteiger partial charge in [0.2, 0.25) is 11.8 Å². The van der Waals surface area contributed by atoms with E-state index in [1.807, 2.05) is 67.6 Å². The van der Waals surface area contributed by atoms with E-state index in [-0.39, 0.29) is 11.8 Å². The lowest BCUT2D eigenvalue weighted by molar-refractivity contribution is -0.134. The number of anilines is 1. The number of amides is 2. The van der Waals surface area contributed by atoms with Crippen LogP contribution in [0.25, 0.3) is 6.08 Å². The Bertz CT molecular complexity index is 711. The van der Waals surface area contributed by atoms with E-state index >= 15 is 0 Å². The van der Waals surface area contributed by atoms with E-state index in [9.17, 15) is 9.59 Å². The molecule has 130 valence electrons. The smallest absolute Gasteiger partial charge is 0.247 e. The molecular weight excluding hydrogens is 312 g/mol. The number of hydrogen-bond donors (Lipinski definition) is 1. The van der Waals surface area contributed by atoms with Gasteiger partial charge in [-0.1, -0.05) is 55.5 Å². The fraction of sp³-hybridized carbons (Fsp3) is 0.238. The van der Waals surface area contributed by atoms with Gasteiger partial charge in [-0.3, -0.25) is 9.59 Å². The minimum atomic E-state index is -0.548. The maximum absolute atomic E-state index is 12.6. The second kappa shape index (κ2) is 9.42. The van der Waals surface area contributed by atoms with Crippen molar-refractivity contribution in [2.75, 3.05) is 11.9 Å². The lowest BCUT2D eigenvalue weighted by atomic mass is 10.2. The summed E-state index contributed by atoms with van der Waals surface area (Å²) >= 11 is 0. The summed E-state index contributed by atoms with van der Waals surface area (Å²) in [5.41, 5.74) is 1.68. The fourth-order valence-electron chi connectivity index (χ4n) is 2.47. The van der Waals surface area contributed by atoms with Crippen molar-refractivity contribution in [1.82, 2.24) is 4.90 Å². The third-order valence-electron chi connectivity index (χ3n) is 3.85. The molecule has 2 aromatic carbocycles. The Labute approximate surface area is 149 Å². The number of para-hydroxylation sites is 1. The first kappa shape index (κ1) is 18.5. The Morgan fingerprint density at radius 2 is 1.64 bits per heavy atom. The third-order valence-corrected chi connectivity index (χ3v) is 3.85. The van der Waals surface area contributed by atoms with Crippen molar-refractivity contribution < 1.29 is 9.59 Å². The van der Waals surface area contributed by atoms with Gasteiger partial charge in [-0.2, -0.15) is 0 Å². The SMILES string of the molecule is CCCN(C(=O)C=Cc1ccccc1)C(C)C(=O)Nc1ccccc1. The quantitative estimate of drug-likeness (QED) is 0.778. The molecule has 1 atom stereocenters. The normalized spacial score (nSPS) is 11.9. The molecule has 4 heteroatoms. The summed E-state index contributed by atoms with van der Waals surface area (Å²) in [6.45, 7) is 4.27. The third kappa shape index (κ3) is 5.60. The zero-order valence-corrected chi connectivity index (χ0v) is 14.7. The molecular formula is C21H24N2O2. The second-order valence-electron chi connectivity index (χ2n) is 5.81. The monoisotopic (exact) mass is 336 g/mol. The number of benzene rings is 2. The van der Waals surface area contributed by atoms with Crippen LogP contribution in [0.5, 0.6) is 0 Å². The first-order valence-electron chi connectivity index (χ1n) is 8.51. The van der Waals surface area contributed by atoms with E-state index in [4.69, 9.17) is 0 Å². The standard InChI is InChI=1S/C21H24N2O2/c1-3-16-23(20(24)15-14-18-10-6-4-7-11-18)17(2)21(25)22-19-12-8-5-9-13-19/h4-15,17H,3,16H2,1-2H3,(H,22,25). The molecule has 0 saturated carbocycles. The van der Waals surface area contributed by atoms with Crippen LogP contribution in [0.2, 0.25) is 0 Å². The summed E-state index contributed by atoms with van der Waals surface area (Å²) in [5.74, 6) is -0.359. The molecule has 1 unspecified atom stereocenters. The summed E-state index contributed by atoms with van der Waals surface area (Å²) in [6, 6.07) is 18.3. The Morgan fingerprint density at radius 1 is 1.04 bits per heavy atom. The van der Waals surface area contributed by atoms with Crippen molar-refractivity contribution in [3.63, 3.8) is 0 Å². The molecule has 2 amide bonds. The highest BCUT2D eigenvalue weighted by atomic mass is 16.2. The highest BCUT2D eigenvalue weighted by Gasteiger charge is 2.23. The summed E-state index contributed by atoms with van der Waals surface area (Å²) in [7, 11) is 0. The van der Waals surface area contributed by atoms with Gasteiger partial charge in [0.1, 0.15) is 6.04 Å². The maximum Gasteiger partial charge on any atom is 0.247 e. The molecule has 0 aliphatic heterocycles. The highest BCUT2D eigenvalue weighted by molar-refractivity contribution is 5.99. The Kier molecular flexibility index (Phi) is 6.96. The number of hydrogen-bond acceptors (Lipinski definition) is 2. The molecule has 4 nitrogen and oxygen atoms in total. The maximum atomic E-state index is 12.6. The summed E-state index contributed by atoms with van der Waals surface area (Å²) < 4.78 is 0. The second-order valence-corrected chi connectivity index (χ2v) is 5.81. The highest BCUT2D eigenvalue weighted by Crippen LogP contribution is 2.10. The molecule has 25 heavy (non-hydrogen) atoms. The van der Waals surface area contributed by atoms with Gasteiger partial charge >= 0.3 is 0 Å². The average Bonchev–Trinajstić information content (AvgIpc) is 2.65. The van der Waals surface area contributed by atoms with E-state index in [0.29, 0.717) is 6.54 Å². The van der Waals surface area contributed by atoms with Gasteiger partial charge in [-0.15, -0.1) is 0 Å². The van der Waals surface area contributed by atoms with Crippen LogP contribution in [0.15, 0.2) is 66.7 Å². The van der Waals surface area contributed by atoms with Gasteiger partial charge in [-0.05, 0) is 37.1 Å². The summed E-state index contributed by atoms with van der Waals surface area (Å²) in [6.07, 6.45) is 4.08. The van der Waals surface area contributed by atoms with Crippen LogP contribution in [0.3, 0.4) is 0 Å². The molecule has 1 N–H and O–H groups in total. The van der Waals surface area contributed by atoms with Crippen LogP contribution in [-0.4, -0.2) is 29.3 Å². The first-order chi connectivity index (χ1) is 12.1. The lowest BCUT2D eigenvalue weighted by Crippen LogP contribution is -2.45. The number of carbonyl (C=O) groups excluding carboxylic acids is 2.